The quantitative estimate of drug-likeness (QED) is 0.516. The van der Waals surface area contributed by atoms with Crippen LogP contribution in [0.5, 0.6) is 0 Å². The predicted octanol–water partition coefficient (Wildman–Crippen LogP) is 4.31. The predicted molar refractivity (Wildman–Crippen MR) is 82.1 cm³/mol. The molecule has 0 unspecified atom stereocenters. The number of para-hydroxylation sites is 1. The average Bonchev–Trinajstić information content (AvgIpc) is 2.54. The summed E-state index contributed by atoms with van der Waals surface area (Å²) in [5.41, 5.74) is 4.64. The van der Waals surface area contributed by atoms with Gasteiger partial charge in [-0.15, -0.1) is 0 Å². The first kappa shape index (κ1) is 11.5. The molecule has 1 N–H and O–H groups in total. The topological polar surface area (TPSA) is 59.6 Å². The summed E-state index contributed by atoms with van der Waals surface area (Å²) in [5.74, 6) is 0. The fraction of sp³-hybridized carbons (Fsp3) is 0. The maximum absolute atomic E-state index is 9.54. The van der Waals surface area contributed by atoms with Crippen molar-refractivity contribution in [1.82, 2.24) is 0 Å². The monoisotopic (exact) mass is 267 g/mol. The van der Waals surface area contributed by atoms with Crippen LogP contribution in [0.15, 0.2) is 48.5 Å². The summed E-state index contributed by atoms with van der Waals surface area (Å²) in [6.45, 7) is 0. The van der Waals surface area contributed by atoms with Crippen LogP contribution in [0.2, 0.25) is 0 Å². The maximum Gasteiger partial charge on any atom is 0.101 e. The van der Waals surface area contributed by atoms with E-state index in [9.17, 15) is 10.5 Å². The standard InChI is InChI=1S/C18H9N3/c19-9-12-8-11-4-3-7-16-17(11)18(14(12)10-20)13-5-1-2-6-15(13)21-16/h1-8,21H. The van der Waals surface area contributed by atoms with Crippen molar-refractivity contribution in [2.45, 2.75) is 0 Å². The Labute approximate surface area is 121 Å². The van der Waals surface area contributed by atoms with E-state index in [1.165, 1.54) is 0 Å². The van der Waals surface area contributed by atoms with E-state index >= 15 is 0 Å². The Morgan fingerprint density at radius 1 is 0.857 bits per heavy atom. The minimum absolute atomic E-state index is 0.425. The van der Waals surface area contributed by atoms with Crippen LogP contribution in [-0.2, 0) is 0 Å². The Bertz CT molecular complexity index is 988. The van der Waals surface area contributed by atoms with Crippen LogP contribution in [0, 0.1) is 22.7 Å². The molecule has 0 radical (unpaired) electrons. The van der Waals surface area contributed by atoms with Gasteiger partial charge in [-0.25, -0.2) is 0 Å². The molecule has 0 bridgehead atoms. The SMILES string of the molecule is N#Cc1cc2cccc3c2c(c1C#N)-c1ccccc1N3. The molecule has 1 aliphatic heterocycles. The van der Waals surface area contributed by atoms with Crippen molar-refractivity contribution in [3.8, 4) is 23.3 Å². The molecule has 1 heterocycles. The largest absolute Gasteiger partial charge is 0.354 e. The van der Waals surface area contributed by atoms with Gasteiger partial charge < -0.3 is 5.32 Å². The molecule has 4 rings (SSSR count). The summed E-state index contributed by atoms with van der Waals surface area (Å²) in [5, 5.41) is 24.3. The van der Waals surface area contributed by atoms with E-state index in [4.69, 9.17) is 0 Å². The molecule has 21 heavy (non-hydrogen) atoms. The van der Waals surface area contributed by atoms with Crippen molar-refractivity contribution in [3.63, 3.8) is 0 Å². The van der Waals surface area contributed by atoms with Crippen LogP contribution in [0.4, 0.5) is 11.4 Å². The second-order valence-electron chi connectivity index (χ2n) is 4.97. The average molecular weight is 267 g/mol. The van der Waals surface area contributed by atoms with Crippen LogP contribution in [-0.4, -0.2) is 0 Å². The smallest absolute Gasteiger partial charge is 0.101 e. The Balaban J connectivity index is 2.30. The minimum Gasteiger partial charge on any atom is -0.354 e. The summed E-state index contributed by atoms with van der Waals surface area (Å²) in [6.07, 6.45) is 0. The molecule has 1 aliphatic rings. The second-order valence-corrected chi connectivity index (χ2v) is 4.97. The van der Waals surface area contributed by atoms with Gasteiger partial charge >= 0.3 is 0 Å². The van der Waals surface area contributed by atoms with Crippen LogP contribution < -0.4 is 5.32 Å². The van der Waals surface area contributed by atoms with E-state index in [2.05, 4.69) is 17.5 Å². The van der Waals surface area contributed by atoms with E-state index in [-0.39, 0.29) is 0 Å². The molecule has 0 amide bonds. The summed E-state index contributed by atoms with van der Waals surface area (Å²) < 4.78 is 0. The Morgan fingerprint density at radius 2 is 1.67 bits per heavy atom. The number of nitrogens with zero attached hydrogens (tertiary/aromatic N) is 2. The first-order chi connectivity index (χ1) is 10.3. The van der Waals surface area contributed by atoms with E-state index in [1.54, 1.807) is 6.07 Å². The molecule has 0 saturated carbocycles. The number of hydrogen-bond acceptors (Lipinski definition) is 3. The van der Waals surface area contributed by atoms with E-state index in [0.717, 1.165) is 33.3 Å². The highest BCUT2D eigenvalue weighted by molar-refractivity contribution is 6.13. The lowest BCUT2D eigenvalue weighted by atomic mass is 9.87. The zero-order valence-electron chi connectivity index (χ0n) is 11.0. The lowest BCUT2D eigenvalue weighted by Gasteiger charge is -2.23. The molecule has 0 atom stereocenters. The third-order valence-electron chi connectivity index (χ3n) is 3.86. The number of fused-ring (bicyclic) bond motifs is 2. The Morgan fingerprint density at radius 3 is 2.48 bits per heavy atom. The van der Waals surface area contributed by atoms with Gasteiger partial charge in [0.1, 0.15) is 12.1 Å². The molecule has 0 fully saturated rings. The summed E-state index contributed by atoms with van der Waals surface area (Å²) in [6, 6.07) is 19.9. The highest BCUT2D eigenvalue weighted by Gasteiger charge is 2.22. The van der Waals surface area contributed by atoms with Crippen molar-refractivity contribution in [2.75, 3.05) is 5.32 Å². The number of nitriles is 2. The van der Waals surface area contributed by atoms with Crippen LogP contribution in [0.1, 0.15) is 11.1 Å². The molecule has 3 heteroatoms. The highest BCUT2D eigenvalue weighted by atomic mass is 14.9. The first-order valence-electron chi connectivity index (χ1n) is 6.60. The van der Waals surface area contributed by atoms with Gasteiger partial charge in [0.15, 0.2) is 0 Å². The van der Waals surface area contributed by atoms with Crippen molar-refractivity contribution in [3.05, 3.63) is 59.7 Å². The van der Waals surface area contributed by atoms with Crippen LogP contribution >= 0.6 is 0 Å². The van der Waals surface area contributed by atoms with Crippen molar-refractivity contribution in [1.29, 1.82) is 10.5 Å². The molecule has 0 aromatic heterocycles. The van der Waals surface area contributed by atoms with Gasteiger partial charge in [-0.05, 0) is 23.6 Å². The molecule has 3 aromatic carbocycles. The normalized spacial score (nSPS) is 11.1. The molecule has 0 saturated heterocycles. The van der Waals surface area contributed by atoms with E-state index in [1.807, 2.05) is 42.5 Å². The lowest BCUT2D eigenvalue weighted by molar-refractivity contribution is 1.43. The minimum atomic E-state index is 0.425. The summed E-state index contributed by atoms with van der Waals surface area (Å²) in [4.78, 5) is 0. The number of nitrogens with one attached hydrogen (secondary N) is 1. The molecular formula is C18H9N3. The molecule has 0 aliphatic carbocycles. The number of benzene rings is 3. The van der Waals surface area contributed by atoms with Gasteiger partial charge in [0.2, 0.25) is 0 Å². The van der Waals surface area contributed by atoms with Gasteiger partial charge in [-0.2, -0.15) is 10.5 Å². The summed E-state index contributed by atoms with van der Waals surface area (Å²) >= 11 is 0. The van der Waals surface area contributed by atoms with Crippen molar-refractivity contribution < 1.29 is 0 Å². The van der Waals surface area contributed by atoms with Crippen molar-refractivity contribution >= 4 is 22.1 Å². The molecule has 3 aromatic rings. The molecule has 3 nitrogen and oxygen atoms in total. The van der Waals surface area contributed by atoms with Crippen molar-refractivity contribution in [2.24, 2.45) is 0 Å². The van der Waals surface area contributed by atoms with Gasteiger partial charge in [0, 0.05) is 27.9 Å². The number of anilines is 2. The zero-order chi connectivity index (χ0) is 14.4. The fourth-order valence-electron chi connectivity index (χ4n) is 2.99. The zero-order valence-corrected chi connectivity index (χ0v) is 11.0. The van der Waals surface area contributed by atoms with Gasteiger partial charge in [-0.1, -0.05) is 30.3 Å². The maximum atomic E-state index is 9.54. The Kier molecular flexibility index (Phi) is 2.25. The second kappa shape index (κ2) is 4.10. The van der Waals surface area contributed by atoms with Gasteiger partial charge in [0.25, 0.3) is 0 Å². The molecule has 0 spiro atoms. The van der Waals surface area contributed by atoms with E-state index < -0.39 is 0 Å². The molecular weight excluding hydrogens is 258 g/mol. The number of hydrogen-bond donors (Lipinski definition) is 1. The van der Waals surface area contributed by atoms with E-state index in [0.29, 0.717) is 11.1 Å². The van der Waals surface area contributed by atoms with Gasteiger partial charge in [0.05, 0.1) is 11.1 Å². The number of rotatable bonds is 0. The third kappa shape index (κ3) is 1.46. The first-order valence-corrected chi connectivity index (χ1v) is 6.60. The third-order valence-corrected chi connectivity index (χ3v) is 3.86. The Hall–Kier alpha value is -3.30. The van der Waals surface area contributed by atoms with Gasteiger partial charge in [-0.3, -0.25) is 0 Å². The van der Waals surface area contributed by atoms with Crippen LogP contribution in [0.25, 0.3) is 21.9 Å². The van der Waals surface area contributed by atoms with Crippen LogP contribution in [0.3, 0.4) is 0 Å². The molecule has 96 valence electrons. The lowest BCUT2D eigenvalue weighted by Crippen LogP contribution is -2.03. The summed E-state index contributed by atoms with van der Waals surface area (Å²) in [7, 11) is 0. The highest BCUT2D eigenvalue weighted by Crippen LogP contribution is 2.45. The fourth-order valence-corrected chi connectivity index (χ4v) is 2.99.